The van der Waals surface area contributed by atoms with Crippen molar-refractivity contribution in [3.05, 3.63) is 107 Å². The Labute approximate surface area is 173 Å². The summed E-state index contributed by atoms with van der Waals surface area (Å²) in [6, 6.07) is 24.3. The number of halogens is 1. The number of fused-ring (bicyclic) bond motifs is 2. The predicted octanol–water partition coefficient (Wildman–Crippen LogP) is 5.70. The Balaban J connectivity index is 1.49. The van der Waals surface area contributed by atoms with Crippen molar-refractivity contribution in [3.8, 4) is 0 Å². The van der Waals surface area contributed by atoms with Crippen LogP contribution >= 0.6 is 0 Å². The molecule has 0 bridgehead atoms. The van der Waals surface area contributed by atoms with Crippen LogP contribution in [0.25, 0.3) is 10.9 Å². The fourth-order valence-corrected chi connectivity index (χ4v) is 4.20. The minimum absolute atomic E-state index is 0.253. The molecule has 0 unspecified atom stereocenters. The van der Waals surface area contributed by atoms with Crippen LogP contribution in [0.3, 0.4) is 0 Å². The molecule has 0 saturated carbocycles. The van der Waals surface area contributed by atoms with E-state index in [4.69, 9.17) is 4.98 Å². The zero-order chi connectivity index (χ0) is 20.5. The fraction of sp³-hybridized carbons (Fsp3) is 0.120. The zero-order valence-electron chi connectivity index (χ0n) is 16.2. The van der Waals surface area contributed by atoms with E-state index in [1.54, 1.807) is 12.1 Å². The van der Waals surface area contributed by atoms with E-state index in [1.807, 2.05) is 30.3 Å². The van der Waals surface area contributed by atoms with Gasteiger partial charge in [-0.05, 0) is 66.4 Å². The molecule has 0 spiro atoms. The van der Waals surface area contributed by atoms with Gasteiger partial charge in [0, 0.05) is 16.5 Å². The van der Waals surface area contributed by atoms with Gasteiger partial charge in [-0.15, -0.1) is 0 Å². The summed E-state index contributed by atoms with van der Waals surface area (Å²) in [5.74, 6) is 0.477. The van der Waals surface area contributed by atoms with Gasteiger partial charge in [0.25, 0.3) is 0 Å². The summed E-state index contributed by atoms with van der Waals surface area (Å²) in [6.45, 7) is 0. The monoisotopic (exact) mass is 397 g/mol. The molecule has 0 amide bonds. The number of aromatic nitrogens is 1. The third-order valence-electron chi connectivity index (χ3n) is 5.66. The molecule has 3 aromatic carbocycles. The Morgan fingerprint density at radius 3 is 2.63 bits per heavy atom. The van der Waals surface area contributed by atoms with Crippen LogP contribution in [0.5, 0.6) is 0 Å². The molecular weight excluding hydrogens is 377 g/mol. The first-order valence-corrected chi connectivity index (χ1v) is 9.95. The Bertz CT molecular complexity index is 1250. The highest BCUT2D eigenvalue weighted by Gasteiger charge is 2.22. The highest BCUT2D eigenvalue weighted by Crippen LogP contribution is 2.33. The van der Waals surface area contributed by atoms with Crippen molar-refractivity contribution in [1.82, 2.24) is 4.98 Å². The number of aryl methyl sites for hydroxylation is 1. The quantitative estimate of drug-likeness (QED) is 0.264. The van der Waals surface area contributed by atoms with Crippen molar-refractivity contribution in [2.45, 2.75) is 18.9 Å². The molecule has 5 rings (SSSR count). The molecule has 5 heteroatoms. The molecule has 148 valence electrons. The summed E-state index contributed by atoms with van der Waals surface area (Å²) < 4.78 is 13.3. The molecular formula is C25H20FN3O. The second kappa shape index (κ2) is 7.59. The number of rotatable bonds is 4. The number of hydrogen-bond acceptors (Lipinski definition) is 4. The van der Waals surface area contributed by atoms with Gasteiger partial charge in [0.05, 0.1) is 11.6 Å². The first kappa shape index (κ1) is 18.3. The van der Waals surface area contributed by atoms with Crippen molar-refractivity contribution in [2.75, 3.05) is 5.32 Å². The maximum absolute atomic E-state index is 13.3. The van der Waals surface area contributed by atoms with Crippen LogP contribution in [0, 0.1) is 5.82 Å². The highest BCUT2D eigenvalue weighted by atomic mass is 19.1. The van der Waals surface area contributed by atoms with Crippen molar-refractivity contribution < 1.29 is 9.60 Å². The average Bonchev–Trinajstić information content (AvgIpc) is 3.18. The molecule has 0 saturated heterocycles. The normalized spacial score (nSPS) is 15.9. The maximum atomic E-state index is 13.3. The number of pyridine rings is 1. The summed E-state index contributed by atoms with van der Waals surface area (Å²) in [5, 5.41) is 17.6. The summed E-state index contributed by atoms with van der Waals surface area (Å²) in [5.41, 5.74) is 5.28. The lowest BCUT2D eigenvalue weighted by Gasteiger charge is -2.16. The second-order valence-corrected chi connectivity index (χ2v) is 7.46. The van der Waals surface area contributed by atoms with E-state index >= 15 is 0 Å². The van der Waals surface area contributed by atoms with Crippen molar-refractivity contribution in [1.29, 1.82) is 0 Å². The van der Waals surface area contributed by atoms with Crippen LogP contribution in [0.15, 0.2) is 84.0 Å². The van der Waals surface area contributed by atoms with Gasteiger partial charge in [-0.3, -0.25) is 0 Å². The van der Waals surface area contributed by atoms with Crippen LogP contribution in [-0.2, 0) is 6.42 Å². The number of nitrogens with zero attached hydrogens (tertiary/aromatic N) is 2. The molecule has 0 aliphatic heterocycles. The lowest BCUT2D eigenvalue weighted by Crippen LogP contribution is -2.09. The van der Waals surface area contributed by atoms with Crippen LogP contribution in [0.1, 0.15) is 34.7 Å². The van der Waals surface area contributed by atoms with E-state index in [0.717, 1.165) is 35.1 Å². The molecule has 4 nitrogen and oxygen atoms in total. The molecule has 0 radical (unpaired) electrons. The summed E-state index contributed by atoms with van der Waals surface area (Å²) in [6.07, 6.45) is 2.12. The van der Waals surface area contributed by atoms with Crippen LogP contribution in [0.4, 0.5) is 10.2 Å². The molecule has 1 heterocycles. The van der Waals surface area contributed by atoms with Crippen molar-refractivity contribution >= 4 is 22.4 Å². The third-order valence-corrected chi connectivity index (χ3v) is 5.66. The first-order chi connectivity index (χ1) is 14.7. The lowest BCUT2D eigenvalue weighted by atomic mass is 9.98. The van der Waals surface area contributed by atoms with E-state index in [2.05, 4.69) is 34.7 Å². The molecule has 30 heavy (non-hydrogen) atoms. The van der Waals surface area contributed by atoms with E-state index in [9.17, 15) is 9.60 Å². The summed E-state index contributed by atoms with van der Waals surface area (Å²) in [4.78, 5) is 4.79. The van der Waals surface area contributed by atoms with Gasteiger partial charge in [0.1, 0.15) is 17.3 Å². The molecule has 0 fully saturated rings. The third kappa shape index (κ3) is 3.28. The summed E-state index contributed by atoms with van der Waals surface area (Å²) in [7, 11) is 0. The molecule has 2 N–H and O–H groups in total. The Morgan fingerprint density at radius 2 is 1.80 bits per heavy atom. The van der Waals surface area contributed by atoms with Crippen LogP contribution in [-0.4, -0.2) is 15.9 Å². The zero-order valence-corrected chi connectivity index (χ0v) is 16.2. The van der Waals surface area contributed by atoms with Crippen LogP contribution < -0.4 is 5.32 Å². The van der Waals surface area contributed by atoms with Crippen LogP contribution in [0.2, 0.25) is 0 Å². The lowest BCUT2D eigenvalue weighted by molar-refractivity contribution is 0.319. The van der Waals surface area contributed by atoms with Gasteiger partial charge in [0.15, 0.2) is 0 Å². The van der Waals surface area contributed by atoms with Crippen molar-refractivity contribution in [2.24, 2.45) is 5.16 Å². The van der Waals surface area contributed by atoms with Gasteiger partial charge < -0.3 is 10.5 Å². The number of oxime groups is 1. The van der Waals surface area contributed by atoms with Gasteiger partial charge in [-0.2, -0.15) is 0 Å². The first-order valence-electron chi connectivity index (χ1n) is 9.95. The molecule has 1 aromatic heterocycles. The van der Waals surface area contributed by atoms with E-state index in [0.29, 0.717) is 11.3 Å². The van der Waals surface area contributed by atoms with E-state index < -0.39 is 0 Å². The largest absolute Gasteiger partial charge is 0.410 e. The van der Waals surface area contributed by atoms with Gasteiger partial charge >= 0.3 is 0 Å². The van der Waals surface area contributed by atoms with Gasteiger partial charge in [0.2, 0.25) is 0 Å². The van der Waals surface area contributed by atoms with Gasteiger partial charge in [-0.25, -0.2) is 9.37 Å². The minimum atomic E-state index is -0.333. The Kier molecular flexibility index (Phi) is 4.64. The fourth-order valence-electron chi connectivity index (χ4n) is 4.20. The number of benzene rings is 3. The Morgan fingerprint density at radius 1 is 0.967 bits per heavy atom. The SMILES string of the molecule is ON=C(c1ccc(F)cc1)c1cccc2nc(N[C@@H]3CCc4ccccc43)ccc12. The molecule has 1 atom stereocenters. The second-order valence-electron chi connectivity index (χ2n) is 7.46. The minimum Gasteiger partial charge on any atom is -0.410 e. The number of hydrogen-bond donors (Lipinski definition) is 2. The maximum Gasteiger partial charge on any atom is 0.127 e. The molecule has 1 aliphatic rings. The average molecular weight is 397 g/mol. The van der Waals surface area contributed by atoms with E-state index in [1.165, 1.54) is 23.3 Å². The smallest absolute Gasteiger partial charge is 0.127 e. The van der Waals surface area contributed by atoms with E-state index in [-0.39, 0.29) is 11.9 Å². The topological polar surface area (TPSA) is 57.5 Å². The van der Waals surface area contributed by atoms with Gasteiger partial charge in [-0.1, -0.05) is 41.6 Å². The highest BCUT2D eigenvalue weighted by molar-refractivity contribution is 6.18. The molecule has 1 aliphatic carbocycles. The Hall–Kier alpha value is -3.73. The van der Waals surface area contributed by atoms with Crippen molar-refractivity contribution in [3.63, 3.8) is 0 Å². The number of anilines is 1. The predicted molar refractivity (Wildman–Crippen MR) is 117 cm³/mol. The summed E-state index contributed by atoms with van der Waals surface area (Å²) >= 11 is 0. The number of nitrogens with one attached hydrogen (secondary N) is 1. The standard InChI is InChI=1S/C25H20FN3O/c26-18-11-8-17(9-12-18)25(29-30)21-6-3-7-22-20(21)13-15-24(27-22)28-23-14-10-16-4-1-2-5-19(16)23/h1-9,11-13,15,23,30H,10,14H2,(H,27,28)/t23-/m1/s1. The molecule has 4 aromatic rings.